The summed E-state index contributed by atoms with van der Waals surface area (Å²) in [6.07, 6.45) is 1.53. The van der Waals surface area contributed by atoms with E-state index in [2.05, 4.69) is 10.2 Å². The molecule has 1 unspecified atom stereocenters. The van der Waals surface area contributed by atoms with Crippen molar-refractivity contribution < 1.29 is 18.7 Å². The van der Waals surface area contributed by atoms with Gasteiger partial charge in [-0.25, -0.2) is 0 Å². The summed E-state index contributed by atoms with van der Waals surface area (Å²) < 4.78 is 16.4. The van der Waals surface area contributed by atoms with Crippen LogP contribution in [0.2, 0.25) is 0 Å². The Kier molecular flexibility index (Phi) is 4.68. The van der Waals surface area contributed by atoms with Crippen molar-refractivity contribution in [2.45, 2.75) is 19.6 Å². The molecule has 3 rings (SSSR count). The van der Waals surface area contributed by atoms with Crippen molar-refractivity contribution in [3.05, 3.63) is 47.2 Å². The summed E-state index contributed by atoms with van der Waals surface area (Å²) in [6, 6.07) is 5.16. The minimum atomic E-state index is -0.255. The summed E-state index contributed by atoms with van der Waals surface area (Å²) >= 11 is 0. The number of ether oxygens (including phenoxy) is 2. The molecule has 7 heteroatoms. The summed E-state index contributed by atoms with van der Waals surface area (Å²) in [6.45, 7) is 3.59. The third kappa shape index (κ3) is 3.25. The molecule has 23 heavy (non-hydrogen) atoms. The highest BCUT2D eigenvalue weighted by Crippen LogP contribution is 2.28. The number of amides is 1. The van der Waals surface area contributed by atoms with Gasteiger partial charge in [-0.1, -0.05) is 0 Å². The van der Waals surface area contributed by atoms with Crippen molar-refractivity contribution >= 4 is 5.91 Å². The van der Waals surface area contributed by atoms with Gasteiger partial charge in [0.1, 0.15) is 24.2 Å². The highest BCUT2D eigenvalue weighted by atomic mass is 16.5. The number of aromatic nitrogens is 2. The fraction of sp³-hybridized carbons (Fsp3) is 0.438. The van der Waals surface area contributed by atoms with Gasteiger partial charge in [-0.3, -0.25) is 4.79 Å². The summed E-state index contributed by atoms with van der Waals surface area (Å²) in [5.41, 5.74) is 1.16. The van der Waals surface area contributed by atoms with Crippen LogP contribution in [0.1, 0.15) is 33.6 Å². The summed E-state index contributed by atoms with van der Waals surface area (Å²) in [4.78, 5) is 14.6. The normalized spacial score (nSPS) is 18.2. The van der Waals surface area contributed by atoms with Crippen molar-refractivity contribution in [1.29, 1.82) is 0 Å². The Bertz CT molecular complexity index is 685. The summed E-state index contributed by atoms with van der Waals surface area (Å²) in [5, 5.41) is 7.75. The van der Waals surface area contributed by atoms with Crippen LogP contribution >= 0.6 is 0 Å². The molecule has 3 heterocycles. The molecule has 1 atom stereocenters. The van der Waals surface area contributed by atoms with E-state index in [0.29, 0.717) is 43.4 Å². The third-order valence-electron chi connectivity index (χ3n) is 3.82. The van der Waals surface area contributed by atoms with Crippen LogP contribution in [0.5, 0.6) is 0 Å². The van der Waals surface area contributed by atoms with Gasteiger partial charge in [-0.2, -0.15) is 10.2 Å². The first-order valence-corrected chi connectivity index (χ1v) is 7.45. The second-order valence-corrected chi connectivity index (χ2v) is 5.36. The molecule has 0 N–H and O–H groups in total. The molecule has 0 saturated carbocycles. The minimum Gasteiger partial charge on any atom is -0.461 e. The zero-order chi connectivity index (χ0) is 16.2. The number of rotatable bonds is 4. The van der Waals surface area contributed by atoms with E-state index in [4.69, 9.17) is 13.9 Å². The molecular weight excluding hydrogens is 298 g/mol. The van der Waals surface area contributed by atoms with Crippen LogP contribution in [-0.4, -0.2) is 47.9 Å². The number of morpholine rings is 1. The van der Waals surface area contributed by atoms with Gasteiger partial charge in [-0.15, -0.1) is 0 Å². The Morgan fingerprint density at radius 2 is 2.30 bits per heavy atom. The van der Waals surface area contributed by atoms with Gasteiger partial charge in [0.25, 0.3) is 5.91 Å². The standard InChI is InChI=1S/C16H19N3O4/c1-11-13(5-6-17-18-11)16(20)19-7-8-22-10-14(19)15-4-3-12(23-15)9-21-2/h3-6,14H,7-10H2,1-2H3. The first-order chi connectivity index (χ1) is 11.2. The Labute approximate surface area is 134 Å². The Hall–Kier alpha value is -2.25. The first kappa shape index (κ1) is 15.6. The predicted octanol–water partition coefficient (Wildman–Crippen LogP) is 1.74. The van der Waals surface area contributed by atoms with Crippen LogP contribution in [0.3, 0.4) is 0 Å². The van der Waals surface area contributed by atoms with E-state index in [0.717, 1.165) is 5.76 Å². The lowest BCUT2D eigenvalue weighted by Gasteiger charge is -2.34. The van der Waals surface area contributed by atoms with E-state index in [1.807, 2.05) is 12.1 Å². The van der Waals surface area contributed by atoms with E-state index in [1.165, 1.54) is 6.20 Å². The van der Waals surface area contributed by atoms with Gasteiger partial charge in [0, 0.05) is 13.7 Å². The maximum atomic E-state index is 12.9. The Morgan fingerprint density at radius 3 is 3.09 bits per heavy atom. The smallest absolute Gasteiger partial charge is 0.256 e. The summed E-state index contributed by atoms with van der Waals surface area (Å²) in [5.74, 6) is 1.34. The molecule has 1 saturated heterocycles. The third-order valence-corrected chi connectivity index (χ3v) is 3.82. The molecule has 0 aromatic carbocycles. The second-order valence-electron chi connectivity index (χ2n) is 5.36. The average molecular weight is 317 g/mol. The predicted molar refractivity (Wildman–Crippen MR) is 80.8 cm³/mol. The second kappa shape index (κ2) is 6.89. The lowest BCUT2D eigenvalue weighted by Crippen LogP contribution is -2.43. The van der Waals surface area contributed by atoms with Crippen LogP contribution in [0.15, 0.2) is 28.8 Å². The van der Waals surface area contributed by atoms with E-state index in [9.17, 15) is 4.79 Å². The van der Waals surface area contributed by atoms with Crippen LogP contribution < -0.4 is 0 Å². The largest absolute Gasteiger partial charge is 0.461 e. The number of carbonyl (C=O) groups excluding carboxylic acids is 1. The van der Waals surface area contributed by atoms with Gasteiger partial charge in [0.05, 0.1) is 30.7 Å². The maximum absolute atomic E-state index is 12.9. The number of aryl methyl sites for hydroxylation is 1. The fourth-order valence-corrected chi connectivity index (χ4v) is 2.66. The lowest BCUT2D eigenvalue weighted by molar-refractivity contribution is -0.00954. The highest BCUT2D eigenvalue weighted by Gasteiger charge is 2.32. The molecule has 1 fully saturated rings. The topological polar surface area (TPSA) is 77.7 Å². The molecule has 122 valence electrons. The van der Waals surface area contributed by atoms with E-state index in [1.54, 1.807) is 25.0 Å². The van der Waals surface area contributed by atoms with Crippen molar-refractivity contribution in [1.82, 2.24) is 15.1 Å². The van der Waals surface area contributed by atoms with Gasteiger partial charge < -0.3 is 18.8 Å². The molecule has 0 spiro atoms. The van der Waals surface area contributed by atoms with Gasteiger partial charge in [0.2, 0.25) is 0 Å². The monoisotopic (exact) mass is 317 g/mol. The number of methoxy groups -OCH3 is 1. The van der Waals surface area contributed by atoms with Crippen molar-refractivity contribution in [2.24, 2.45) is 0 Å². The number of carbonyl (C=O) groups is 1. The van der Waals surface area contributed by atoms with Crippen LogP contribution in [0.25, 0.3) is 0 Å². The Morgan fingerprint density at radius 1 is 1.43 bits per heavy atom. The molecule has 7 nitrogen and oxygen atoms in total. The summed E-state index contributed by atoms with van der Waals surface area (Å²) in [7, 11) is 1.61. The minimum absolute atomic E-state index is 0.0876. The highest BCUT2D eigenvalue weighted by molar-refractivity contribution is 5.95. The fourth-order valence-electron chi connectivity index (χ4n) is 2.66. The van der Waals surface area contributed by atoms with Crippen LogP contribution in [0.4, 0.5) is 0 Å². The van der Waals surface area contributed by atoms with Crippen molar-refractivity contribution in [3.63, 3.8) is 0 Å². The lowest BCUT2D eigenvalue weighted by atomic mass is 10.1. The van der Waals surface area contributed by atoms with E-state index >= 15 is 0 Å². The molecular formula is C16H19N3O4. The molecule has 0 aliphatic carbocycles. The van der Waals surface area contributed by atoms with Crippen LogP contribution in [0, 0.1) is 6.92 Å². The zero-order valence-electron chi connectivity index (χ0n) is 13.2. The Balaban J connectivity index is 1.86. The molecule has 1 amide bonds. The van der Waals surface area contributed by atoms with Gasteiger partial charge in [-0.05, 0) is 25.1 Å². The van der Waals surface area contributed by atoms with Gasteiger partial charge >= 0.3 is 0 Å². The molecule has 1 aliphatic heterocycles. The number of nitrogens with zero attached hydrogens (tertiary/aromatic N) is 3. The van der Waals surface area contributed by atoms with E-state index < -0.39 is 0 Å². The molecule has 2 aromatic rings. The molecule has 2 aromatic heterocycles. The van der Waals surface area contributed by atoms with Crippen molar-refractivity contribution in [2.75, 3.05) is 26.9 Å². The first-order valence-electron chi connectivity index (χ1n) is 7.45. The zero-order valence-corrected chi connectivity index (χ0v) is 13.2. The van der Waals surface area contributed by atoms with Crippen LogP contribution in [-0.2, 0) is 16.1 Å². The number of hydrogen-bond donors (Lipinski definition) is 0. The quantitative estimate of drug-likeness (QED) is 0.855. The van der Waals surface area contributed by atoms with E-state index in [-0.39, 0.29) is 11.9 Å². The number of hydrogen-bond acceptors (Lipinski definition) is 6. The molecule has 0 radical (unpaired) electrons. The average Bonchev–Trinajstić information content (AvgIpc) is 3.04. The van der Waals surface area contributed by atoms with Crippen molar-refractivity contribution in [3.8, 4) is 0 Å². The number of furan rings is 1. The maximum Gasteiger partial charge on any atom is 0.256 e. The molecule has 0 bridgehead atoms. The van der Waals surface area contributed by atoms with Gasteiger partial charge in [0.15, 0.2) is 0 Å². The SMILES string of the molecule is COCc1ccc(C2COCCN2C(=O)c2ccnnc2C)o1. The molecule has 1 aliphatic rings.